The number of imidazole rings is 1. The fourth-order valence-corrected chi connectivity index (χ4v) is 3.86. The Morgan fingerprint density at radius 3 is 2.68 bits per heavy atom. The molecule has 0 aliphatic carbocycles. The summed E-state index contributed by atoms with van der Waals surface area (Å²) in [5.41, 5.74) is 2.36. The van der Waals surface area contributed by atoms with Gasteiger partial charge in [0, 0.05) is 25.3 Å². The number of rotatable bonds is 4. The number of carbonyl (C=O) groups excluding carboxylic acids is 1. The number of benzene rings is 2. The summed E-state index contributed by atoms with van der Waals surface area (Å²) in [6.07, 6.45) is -4.44. The Labute approximate surface area is 177 Å². The Kier molecular flexibility index (Phi) is 5.62. The Morgan fingerprint density at radius 2 is 1.97 bits per heavy atom. The number of nitrogens with zero attached hydrogens (tertiary/aromatic N) is 2. The second-order valence-corrected chi connectivity index (χ2v) is 7.58. The van der Waals surface area contributed by atoms with Gasteiger partial charge in [0.25, 0.3) is 5.91 Å². The molecule has 0 atom stereocenters. The van der Waals surface area contributed by atoms with E-state index in [1.807, 2.05) is 13.0 Å². The minimum Gasteiger partial charge on any atom is -0.378 e. The van der Waals surface area contributed by atoms with Crippen molar-refractivity contribution < 1.29 is 22.7 Å². The van der Waals surface area contributed by atoms with Crippen LogP contribution in [0, 0.1) is 13.8 Å². The van der Waals surface area contributed by atoms with E-state index in [9.17, 15) is 18.0 Å². The number of carbonyl (C=O) groups is 1. The Balaban J connectivity index is 1.62. The number of halogens is 3. The highest BCUT2D eigenvalue weighted by Crippen LogP contribution is 2.33. The van der Waals surface area contributed by atoms with Crippen molar-refractivity contribution in [1.82, 2.24) is 15.3 Å². The predicted octanol–water partition coefficient (Wildman–Crippen LogP) is 3.97. The van der Waals surface area contributed by atoms with Gasteiger partial charge in [-0.2, -0.15) is 13.2 Å². The van der Waals surface area contributed by atoms with Gasteiger partial charge in [-0.25, -0.2) is 4.98 Å². The molecule has 0 bridgehead atoms. The van der Waals surface area contributed by atoms with Gasteiger partial charge in [-0.3, -0.25) is 4.79 Å². The van der Waals surface area contributed by atoms with E-state index in [0.29, 0.717) is 48.8 Å². The van der Waals surface area contributed by atoms with Crippen LogP contribution in [0.5, 0.6) is 0 Å². The molecule has 0 unspecified atom stereocenters. The number of alkyl halides is 3. The summed E-state index contributed by atoms with van der Waals surface area (Å²) in [5, 5.41) is 2.76. The Bertz CT molecular complexity index is 1120. The normalized spacial score (nSPS) is 14.8. The first kappa shape index (κ1) is 21.2. The zero-order valence-corrected chi connectivity index (χ0v) is 17.3. The van der Waals surface area contributed by atoms with Crippen LogP contribution < -0.4 is 10.2 Å². The second kappa shape index (κ2) is 8.22. The number of H-pyrrole nitrogens is 1. The summed E-state index contributed by atoms with van der Waals surface area (Å²) in [6, 6.07) is 7.72. The SMILES string of the molecule is Cc1nc2c(C(=O)NCc3cccc(C(F)(F)F)c3C)cc(N3CCOCC3)cc2[nH]1. The first-order valence-corrected chi connectivity index (χ1v) is 10.0. The maximum Gasteiger partial charge on any atom is 0.416 e. The van der Waals surface area contributed by atoms with E-state index in [2.05, 4.69) is 20.2 Å². The number of aromatic nitrogens is 2. The van der Waals surface area contributed by atoms with Gasteiger partial charge in [0.1, 0.15) is 11.3 Å². The molecule has 2 aromatic carbocycles. The third-order valence-electron chi connectivity index (χ3n) is 5.50. The van der Waals surface area contributed by atoms with Crippen molar-refractivity contribution in [3.8, 4) is 0 Å². The number of fused-ring (bicyclic) bond motifs is 1. The smallest absolute Gasteiger partial charge is 0.378 e. The minimum atomic E-state index is -4.44. The van der Waals surface area contributed by atoms with Crippen LogP contribution in [0.2, 0.25) is 0 Å². The zero-order chi connectivity index (χ0) is 22.2. The van der Waals surface area contributed by atoms with Crippen molar-refractivity contribution in [2.75, 3.05) is 31.2 Å². The minimum absolute atomic E-state index is 0.0126. The van der Waals surface area contributed by atoms with Crippen LogP contribution in [-0.4, -0.2) is 42.2 Å². The lowest BCUT2D eigenvalue weighted by Gasteiger charge is -2.29. The molecule has 0 saturated carbocycles. The molecule has 6 nitrogen and oxygen atoms in total. The van der Waals surface area contributed by atoms with E-state index in [1.54, 1.807) is 12.1 Å². The maximum atomic E-state index is 13.2. The average molecular weight is 432 g/mol. The van der Waals surface area contributed by atoms with Crippen molar-refractivity contribution in [2.45, 2.75) is 26.6 Å². The molecule has 0 radical (unpaired) electrons. The van der Waals surface area contributed by atoms with Gasteiger partial charge in [0.15, 0.2) is 0 Å². The molecule has 4 rings (SSSR count). The molecule has 1 fully saturated rings. The Hall–Kier alpha value is -3.07. The first-order valence-electron chi connectivity index (χ1n) is 10.0. The molecule has 1 amide bonds. The van der Waals surface area contributed by atoms with Crippen LogP contribution in [0.1, 0.15) is 32.9 Å². The molecule has 1 aliphatic heterocycles. The van der Waals surface area contributed by atoms with E-state index in [0.717, 1.165) is 17.3 Å². The molecule has 3 aromatic rings. The largest absolute Gasteiger partial charge is 0.416 e. The number of amides is 1. The van der Waals surface area contributed by atoms with Gasteiger partial charge in [-0.1, -0.05) is 12.1 Å². The third kappa shape index (κ3) is 4.36. The van der Waals surface area contributed by atoms with Crippen molar-refractivity contribution in [3.63, 3.8) is 0 Å². The molecule has 9 heteroatoms. The summed E-state index contributed by atoms with van der Waals surface area (Å²) >= 11 is 0. The lowest BCUT2D eigenvalue weighted by molar-refractivity contribution is -0.138. The van der Waals surface area contributed by atoms with E-state index in [1.165, 1.54) is 13.0 Å². The van der Waals surface area contributed by atoms with E-state index in [4.69, 9.17) is 4.74 Å². The van der Waals surface area contributed by atoms with Gasteiger partial charge >= 0.3 is 6.18 Å². The van der Waals surface area contributed by atoms with Crippen molar-refractivity contribution >= 4 is 22.6 Å². The highest BCUT2D eigenvalue weighted by Gasteiger charge is 2.32. The summed E-state index contributed by atoms with van der Waals surface area (Å²) in [7, 11) is 0. The van der Waals surface area contributed by atoms with Gasteiger partial charge < -0.3 is 19.9 Å². The number of anilines is 1. The highest BCUT2D eigenvalue weighted by atomic mass is 19.4. The van der Waals surface area contributed by atoms with E-state index in [-0.39, 0.29) is 18.0 Å². The van der Waals surface area contributed by atoms with Crippen LogP contribution in [0.4, 0.5) is 18.9 Å². The van der Waals surface area contributed by atoms with Crippen molar-refractivity contribution in [1.29, 1.82) is 0 Å². The number of nitrogens with one attached hydrogen (secondary N) is 2. The van der Waals surface area contributed by atoms with Crippen LogP contribution in [0.15, 0.2) is 30.3 Å². The second-order valence-electron chi connectivity index (χ2n) is 7.58. The Morgan fingerprint density at radius 1 is 1.23 bits per heavy atom. The predicted molar refractivity (Wildman–Crippen MR) is 111 cm³/mol. The zero-order valence-electron chi connectivity index (χ0n) is 17.3. The van der Waals surface area contributed by atoms with Crippen molar-refractivity contribution in [3.05, 3.63) is 58.4 Å². The molecular formula is C22H23F3N4O2. The van der Waals surface area contributed by atoms with Gasteiger partial charge in [0.2, 0.25) is 0 Å². The van der Waals surface area contributed by atoms with Gasteiger partial charge in [0.05, 0.1) is 29.9 Å². The van der Waals surface area contributed by atoms with Crippen LogP contribution >= 0.6 is 0 Å². The van der Waals surface area contributed by atoms with Crippen LogP contribution in [-0.2, 0) is 17.5 Å². The van der Waals surface area contributed by atoms with Crippen LogP contribution in [0.3, 0.4) is 0 Å². The molecule has 2 N–H and O–H groups in total. The van der Waals surface area contributed by atoms with Gasteiger partial charge in [-0.05, 0) is 43.2 Å². The maximum absolute atomic E-state index is 13.2. The fourth-order valence-electron chi connectivity index (χ4n) is 3.86. The first-order chi connectivity index (χ1) is 14.7. The quantitative estimate of drug-likeness (QED) is 0.655. The standard InChI is InChI=1S/C22H23F3N4O2/c1-13-15(4-3-5-18(13)22(23,24)25)12-26-21(30)17-10-16(29-6-8-31-9-7-29)11-19-20(17)28-14(2)27-19/h3-5,10-11H,6-9,12H2,1-2H3,(H,26,30)(H,27,28). The van der Waals surface area contributed by atoms with E-state index < -0.39 is 11.7 Å². The van der Waals surface area contributed by atoms with Crippen LogP contribution in [0.25, 0.3) is 11.0 Å². The monoisotopic (exact) mass is 432 g/mol. The molecule has 164 valence electrons. The molecular weight excluding hydrogens is 409 g/mol. The van der Waals surface area contributed by atoms with Crippen molar-refractivity contribution in [2.24, 2.45) is 0 Å². The number of aryl methyl sites for hydroxylation is 1. The molecule has 1 aliphatic rings. The number of hydrogen-bond donors (Lipinski definition) is 2. The molecule has 0 spiro atoms. The summed E-state index contributed by atoms with van der Waals surface area (Å²) in [6.45, 7) is 5.85. The third-order valence-corrected chi connectivity index (χ3v) is 5.50. The topological polar surface area (TPSA) is 70.2 Å². The fraction of sp³-hybridized carbons (Fsp3) is 0.364. The highest BCUT2D eigenvalue weighted by molar-refractivity contribution is 6.06. The van der Waals surface area contributed by atoms with E-state index >= 15 is 0 Å². The van der Waals surface area contributed by atoms with Gasteiger partial charge in [-0.15, -0.1) is 0 Å². The molecule has 1 aromatic heterocycles. The summed E-state index contributed by atoms with van der Waals surface area (Å²) in [5.74, 6) is 0.292. The average Bonchev–Trinajstić information content (AvgIpc) is 3.12. The lowest BCUT2D eigenvalue weighted by atomic mass is 10.0. The number of ether oxygens (including phenoxy) is 1. The summed E-state index contributed by atoms with van der Waals surface area (Å²) < 4.78 is 44.9. The lowest BCUT2D eigenvalue weighted by Crippen LogP contribution is -2.36. The molecule has 2 heterocycles. The molecule has 31 heavy (non-hydrogen) atoms. The number of morpholine rings is 1. The number of hydrogen-bond acceptors (Lipinski definition) is 4. The number of aromatic amines is 1. The molecule has 1 saturated heterocycles. The summed E-state index contributed by atoms with van der Waals surface area (Å²) in [4.78, 5) is 22.8.